The number of ether oxygens (including phenoxy) is 2. The first-order valence-corrected chi connectivity index (χ1v) is 7.20. The molecular formula is C15H20ClNO3. The third kappa shape index (κ3) is 3.72. The summed E-state index contributed by atoms with van der Waals surface area (Å²) < 4.78 is 10.9. The largest absolute Gasteiger partial charge is 0.375 e. The molecule has 1 N–H and O–H groups in total. The first kappa shape index (κ1) is 15.3. The standard InChI is InChI=1S/C15H20ClNO3/c1-10(17-15(18)13-4-3-9-20-13)14(19-2)11-5-7-12(16)8-6-11/h5-8,10,13-14H,3-4,9H2,1-2H3,(H,17,18)/t10-,13-,14-/m0/s1. The van der Waals surface area contributed by atoms with Crippen molar-refractivity contribution in [1.29, 1.82) is 0 Å². The van der Waals surface area contributed by atoms with Gasteiger partial charge in [0.1, 0.15) is 12.2 Å². The van der Waals surface area contributed by atoms with E-state index in [1.165, 1.54) is 0 Å². The zero-order chi connectivity index (χ0) is 14.5. The maximum absolute atomic E-state index is 12.0. The number of amides is 1. The highest BCUT2D eigenvalue weighted by Crippen LogP contribution is 2.23. The molecule has 4 nitrogen and oxygen atoms in total. The van der Waals surface area contributed by atoms with Crippen LogP contribution in [0.15, 0.2) is 24.3 Å². The summed E-state index contributed by atoms with van der Waals surface area (Å²) in [6, 6.07) is 7.31. The van der Waals surface area contributed by atoms with Gasteiger partial charge < -0.3 is 14.8 Å². The number of benzene rings is 1. The summed E-state index contributed by atoms with van der Waals surface area (Å²) >= 11 is 5.88. The van der Waals surface area contributed by atoms with Crippen molar-refractivity contribution >= 4 is 17.5 Å². The topological polar surface area (TPSA) is 47.6 Å². The van der Waals surface area contributed by atoms with Crippen LogP contribution in [0.1, 0.15) is 31.4 Å². The molecule has 3 atom stereocenters. The van der Waals surface area contributed by atoms with Crippen molar-refractivity contribution < 1.29 is 14.3 Å². The van der Waals surface area contributed by atoms with E-state index in [-0.39, 0.29) is 24.2 Å². The second kappa shape index (κ2) is 7.07. The third-order valence-electron chi connectivity index (χ3n) is 3.50. The van der Waals surface area contributed by atoms with E-state index in [0.717, 1.165) is 18.4 Å². The van der Waals surface area contributed by atoms with Gasteiger partial charge in [-0.25, -0.2) is 0 Å². The van der Waals surface area contributed by atoms with Crippen LogP contribution in [0, 0.1) is 0 Å². The van der Waals surface area contributed by atoms with Crippen LogP contribution in [0.5, 0.6) is 0 Å². The van der Waals surface area contributed by atoms with Crippen LogP contribution in [-0.2, 0) is 14.3 Å². The average molecular weight is 298 g/mol. The molecule has 0 unspecified atom stereocenters. The molecule has 2 rings (SSSR count). The first-order chi connectivity index (χ1) is 9.61. The number of halogens is 1. The third-order valence-corrected chi connectivity index (χ3v) is 3.75. The maximum atomic E-state index is 12.0. The minimum atomic E-state index is -0.319. The molecule has 0 radical (unpaired) electrons. The van der Waals surface area contributed by atoms with Gasteiger partial charge in [-0.2, -0.15) is 0 Å². The van der Waals surface area contributed by atoms with Crippen molar-refractivity contribution in [2.45, 2.75) is 38.0 Å². The lowest BCUT2D eigenvalue weighted by molar-refractivity contribution is -0.131. The van der Waals surface area contributed by atoms with Crippen molar-refractivity contribution in [2.75, 3.05) is 13.7 Å². The number of rotatable bonds is 5. The van der Waals surface area contributed by atoms with Crippen molar-refractivity contribution in [3.63, 3.8) is 0 Å². The molecule has 1 aromatic carbocycles. The highest BCUT2D eigenvalue weighted by atomic mass is 35.5. The van der Waals surface area contributed by atoms with Crippen LogP contribution in [0.3, 0.4) is 0 Å². The predicted octanol–water partition coefficient (Wildman–Crippen LogP) is 2.71. The summed E-state index contributed by atoms with van der Waals surface area (Å²) in [7, 11) is 1.63. The molecule has 0 bridgehead atoms. The van der Waals surface area contributed by atoms with Crippen molar-refractivity contribution in [3.05, 3.63) is 34.9 Å². The number of hydrogen-bond acceptors (Lipinski definition) is 3. The molecule has 1 fully saturated rings. The molecule has 1 aliphatic heterocycles. The summed E-state index contributed by atoms with van der Waals surface area (Å²) in [4.78, 5) is 12.0. The molecule has 1 heterocycles. The van der Waals surface area contributed by atoms with Gasteiger partial charge in [-0.15, -0.1) is 0 Å². The molecule has 5 heteroatoms. The lowest BCUT2D eigenvalue weighted by Crippen LogP contribution is -2.43. The predicted molar refractivity (Wildman–Crippen MR) is 77.8 cm³/mol. The lowest BCUT2D eigenvalue weighted by Gasteiger charge is -2.25. The summed E-state index contributed by atoms with van der Waals surface area (Å²) in [6.07, 6.45) is 1.20. The van der Waals surface area contributed by atoms with Crippen molar-refractivity contribution in [2.24, 2.45) is 0 Å². The van der Waals surface area contributed by atoms with E-state index in [2.05, 4.69) is 5.32 Å². The Labute approximate surface area is 124 Å². The quantitative estimate of drug-likeness (QED) is 0.909. The van der Waals surface area contributed by atoms with E-state index in [4.69, 9.17) is 21.1 Å². The first-order valence-electron chi connectivity index (χ1n) is 6.82. The fraction of sp³-hybridized carbons (Fsp3) is 0.533. The zero-order valence-electron chi connectivity index (χ0n) is 11.8. The molecule has 0 aromatic heterocycles. The van der Waals surface area contributed by atoms with Gasteiger partial charge in [0, 0.05) is 18.7 Å². The van der Waals surface area contributed by atoms with Crippen LogP contribution in [0.4, 0.5) is 0 Å². The highest BCUT2D eigenvalue weighted by Gasteiger charge is 2.27. The fourth-order valence-electron chi connectivity index (χ4n) is 2.46. The van der Waals surface area contributed by atoms with Crippen LogP contribution in [0.2, 0.25) is 5.02 Å². The Morgan fingerprint density at radius 2 is 2.15 bits per heavy atom. The Morgan fingerprint density at radius 3 is 2.70 bits per heavy atom. The average Bonchev–Trinajstić information content (AvgIpc) is 2.96. The van der Waals surface area contributed by atoms with E-state index >= 15 is 0 Å². The molecule has 110 valence electrons. The minimum absolute atomic E-state index is 0.0639. The number of nitrogens with one attached hydrogen (secondary N) is 1. The minimum Gasteiger partial charge on any atom is -0.375 e. The summed E-state index contributed by atoms with van der Waals surface area (Å²) in [5.74, 6) is -0.0639. The van der Waals surface area contributed by atoms with Gasteiger partial charge in [0.25, 0.3) is 0 Å². The summed E-state index contributed by atoms with van der Waals surface area (Å²) in [5, 5.41) is 3.64. The normalized spacial score (nSPS) is 21.4. The van der Waals surface area contributed by atoms with Crippen LogP contribution >= 0.6 is 11.6 Å². The lowest BCUT2D eigenvalue weighted by atomic mass is 10.0. The SMILES string of the molecule is CO[C@H](c1ccc(Cl)cc1)[C@H](C)NC(=O)[C@@H]1CCCO1. The molecule has 0 aliphatic carbocycles. The fourth-order valence-corrected chi connectivity index (χ4v) is 2.58. The number of carbonyl (C=O) groups excluding carboxylic acids is 1. The Kier molecular flexibility index (Phi) is 5.40. The Bertz CT molecular complexity index is 443. The van der Waals surface area contributed by atoms with Gasteiger partial charge in [-0.05, 0) is 37.5 Å². The second-order valence-electron chi connectivity index (χ2n) is 5.01. The molecule has 1 aliphatic rings. The highest BCUT2D eigenvalue weighted by molar-refractivity contribution is 6.30. The van der Waals surface area contributed by atoms with E-state index in [1.54, 1.807) is 7.11 Å². The van der Waals surface area contributed by atoms with E-state index < -0.39 is 0 Å². The monoisotopic (exact) mass is 297 g/mol. The molecule has 0 saturated carbocycles. The van der Waals surface area contributed by atoms with Crippen LogP contribution in [0.25, 0.3) is 0 Å². The van der Waals surface area contributed by atoms with Gasteiger partial charge in [0.05, 0.1) is 6.04 Å². The number of carbonyl (C=O) groups is 1. The van der Waals surface area contributed by atoms with E-state index in [0.29, 0.717) is 11.6 Å². The van der Waals surface area contributed by atoms with Gasteiger partial charge in [0.15, 0.2) is 0 Å². The molecule has 1 amide bonds. The van der Waals surface area contributed by atoms with Crippen LogP contribution < -0.4 is 5.32 Å². The Balaban J connectivity index is 1.99. The Morgan fingerprint density at radius 1 is 1.45 bits per heavy atom. The summed E-state index contributed by atoms with van der Waals surface area (Å²) in [5.41, 5.74) is 0.983. The molecule has 1 saturated heterocycles. The number of hydrogen-bond donors (Lipinski definition) is 1. The molecule has 20 heavy (non-hydrogen) atoms. The molecule has 1 aromatic rings. The van der Waals surface area contributed by atoms with E-state index in [9.17, 15) is 4.79 Å². The number of methoxy groups -OCH3 is 1. The van der Waals surface area contributed by atoms with Gasteiger partial charge >= 0.3 is 0 Å². The molecule has 0 spiro atoms. The molecular weight excluding hydrogens is 278 g/mol. The van der Waals surface area contributed by atoms with E-state index in [1.807, 2.05) is 31.2 Å². The van der Waals surface area contributed by atoms with Crippen molar-refractivity contribution in [1.82, 2.24) is 5.32 Å². The van der Waals surface area contributed by atoms with Gasteiger partial charge in [0.2, 0.25) is 5.91 Å². The van der Waals surface area contributed by atoms with Crippen LogP contribution in [-0.4, -0.2) is 31.8 Å². The van der Waals surface area contributed by atoms with Gasteiger partial charge in [-0.3, -0.25) is 4.79 Å². The maximum Gasteiger partial charge on any atom is 0.249 e. The smallest absolute Gasteiger partial charge is 0.249 e. The zero-order valence-corrected chi connectivity index (χ0v) is 12.5. The van der Waals surface area contributed by atoms with Gasteiger partial charge in [-0.1, -0.05) is 23.7 Å². The summed E-state index contributed by atoms with van der Waals surface area (Å²) in [6.45, 7) is 2.59. The second-order valence-corrected chi connectivity index (χ2v) is 5.44. The Hall–Kier alpha value is -1.10. The van der Waals surface area contributed by atoms with Crippen molar-refractivity contribution in [3.8, 4) is 0 Å².